The van der Waals surface area contributed by atoms with E-state index >= 15 is 0 Å². The molecular formula is C14H28N2O. The van der Waals surface area contributed by atoms with Crippen LogP contribution < -0.4 is 11.1 Å². The molecule has 2 fully saturated rings. The van der Waals surface area contributed by atoms with E-state index in [0.29, 0.717) is 24.2 Å². The largest absolute Gasteiger partial charge is 0.378 e. The van der Waals surface area contributed by atoms with Crippen molar-refractivity contribution in [2.75, 3.05) is 6.61 Å². The first-order chi connectivity index (χ1) is 8.28. The van der Waals surface area contributed by atoms with Crippen LogP contribution in [0.15, 0.2) is 0 Å². The molecule has 0 amide bonds. The Labute approximate surface area is 105 Å². The van der Waals surface area contributed by atoms with Gasteiger partial charge in [-0.05, 0) is 44.9 Å². The third kappa shape index (κ3) is 4.23. The van der Waals surface area contributed by atoms with E-state index in [9.17, 15) is 0 Å². The summed E-state index contributed by atoms with van der Waals surface area (Å²) in [5.41, 5.74) is 5.94. The average Bonchev–Trinajstić information content (AvgIpc) is 2.33. The van der Waals surface area contributed by atoms with Crippen LogP contribution in [0.1, 0.15) is 58.3 Å². The third-order valence-corrected chi connectivity index (χ3v) is 4.22. The molecule has 3 nitrogen and oxygen atoms in total. The van der Waals surface area contributed by atoms with Crippen LogP contribution in [-0.2, 0) is 4.74 Å². The zero-order valence-corrected chi connectivity index (χ0v) is 11.2. The molecule has 1 saturated carbocycles. The van der Waals surface area contributed by atoms with Gasteiger partial charge in [-0.15, -0.1) is 0 Å². The maximum Gasteiger partial charge on any atom is 0.0589 e. The molecule has 3 N–H and O–H groups in total. The Hall–Kier alpha value is -0.120. The summed E-state index contributed by atoms with van der Waals surface area (Å²) >= 11 is 0. The first-order valence-electron chi connectivity index (χ1n) is 7.41. The van der Waals surface area contributed by atoms with Crippen molar-refractivity contribution >= 4 is 0 Å². The number of nitrogens with two attached hydrogens (primary N) is 1. The van der Waals surface area contributed by atoms with Gasteiger partial charge in [0.2, 0.25) is 0 Å². The van der Waals surface area contributed by atoms with Crippen molar-refractivity contribution in [1.29, 1.82) is 0 Å². The second kappa shape index (κ2) is 6.72. The quantitative estimate of drug-likeness (QED) is 0.792. The molecule has 0 aromatic carbocycles. The topological polar surface area (TPSA) is 47.3 Å². The predicted octanol–water partition coefficient (Wildman–Crippen LogP) is 2.19. The Morgan fingerprint density at radius 2 is 1.88 bits per heavy atom. The summed E-state index contributed by atoms with van der Waals surface area (Å²) < 4.78 is 5.79. The molecule has 2 unspecified atom stereocenters. The summed E-state index contributed by atoms with van der Waals surface area (Å²) in [4.78, 5) is 0. The molecule has 2 aliphatic rings. The first kappa shape index (κ1) is 13.3. The Kier molecular flexibility index (Phi) is 5.26. The lowest BCUT2D eigenvalue weighted by Crippen LogP contribution is -2.46. The lowest BCUT2D eigenvalue weighted by molar-refractivity contribution is -0.00584. The number of rotatable bonds is 4. The highest BCUT2D eigenvalue weighted by atomic mass is 16.5. The Morgan fingerprint density at radius 1 is 1.12 bits per heavy atom. The number of nitrogens with one attached hydrogen (secondary N) is 1. The summed E-state index contributed by atoms with van der Waals surface area (Å²) in [6.45, 7) is 3.18. The zero-order chi connectivity index (χ0) is 12.1. The first-order valence-corrected chi connectivity index (χ1v) is 7.41. The Morgan fingerprint density at radius 3 is 2.59 bits per heavy atom. The van der Waals surface area contributed by atoms with E-state index in [-0.39, 0.29) is 0 Å². The molecule has 1 saturated heterocycles. The normalized spacial score (nSPS) is 39.2. The van der Waals surface area contributed by atoms with Gasteiger partial charge in [0, 0.05) is 24.7 Å². The van der Waals surface area contributed by atoms with Crippen LogP contribution in [0, 0.1) is 0 Å². The Balaban J connectivity index is 1.71. The van der Waals surface area contributed by atoms with Gasteiger partial charge in [-0.25, -0.2) is 0 Å². The highest BCUT2D eigenvalue weighted by Gasteiger charge is 2.25. The average molecular weight is 240 g/mol. The van der Waals surface area contributed by atoms with E-state index in [2.05, 4.69) is 12.2 Å². The fraction of sp³-hybridized carbons (Fsp3) is 1.00. The molecule has 0 aromatic rings. The molecule has 1 heterocycles. The molecule has 100 valence electrons. The van der Waals surface area contributed by atoms with Crippen molar-refractivity contribution in [2.45, 2.75) is 82.5 Å². The van der Waals surface area contributed by atoms with E-state index in [1.54, 1.807) is 0 Å². The maximum absolute atomic E-state index is 5.94. The number of ether oxygens (including phenoxy) is 1. The third-order valence-electron chi connectivity index (χ3n) is 4.22. The molecule has 0 bridgehead atoms. The molecule has 0 spiro atoms. The molecule has 2 atom stereocenters. The highest BCUT2D eigenvalue weighted by Crippen LogP contribution is 2.22. The second-order valence-corrected chi connectivity index (χ2v) is 5.78. The summed E-state index contributed by atoms with van der Waals surface area (Å²) in [5, 5.41) is 3.83. The molecule has 17 heavy (non-hydrogen) atoms. The van der Waals surface area contributed by atoms with Gasteiger partial charge in [0.25, 0.3) is 0 Å². The Bertz CT molecular complexity index is 212. The van der Waals surface area contributed by atoms with E-state index < -0.39 is 0 Å². The van der Waals surface area contributed by atoms with E-state index in [0.717, 1.165) is 6.61 Å². The molecule has 1 aliphatic carbocycles. The lowest BCUT2D eigenvalue weighted by Gasteiger charge is -2.35. The van der Waals surface area contributed by atoms with Gasteiger partial charge >= 0.3 is 0 Å². The zero-order valence-electron chi connectivity index (χ0n) is 11.2. The molecule has 2 rings (SSSR count). The lowest BCUT2D eigenvalue weighted by atomic mass is 9.90. The van der Waals surface area contributed by atoms with Crippen LogP contribution in [0.2, 0.25) is 0 Å². The second-order valence-electron chi connectivity index (χ2n) is 5.78. The van der Waals surface area contributed by atoms with Crippen molar-refractivity contribution in [2.24, 2.45) is 5.73 Å². The molecule has 3 heteroatoms. The number of hydrogen-bond acceptors (Lipinski definition) is 3. The minimum absolute atomic E-state index is 0.454. The van der Waals surface area contributed by atoms with E-state index in [4.69, 9.17) is 10.5 Å². The minimum Gasteiger partial charge on any atom is -0.378 e. The van der Waals surface area contributed by atoms with Gasteiger partial charge in [-0.3, -0.25) is 0 Å². The van der Waals surface area contributed by atoms with Gasteiger partial charge < -0.3 is 15.8 Å². The van der Waals surface area contributed by atoms with Crippen LogP contribution >= 0.6 is 0 Å². The minimum atomic E-state index is 0.454. The van der Waals surface area contributed by atoms with Gasteiger partial charge in [0.15, 0.2) is 0 Å². The van der Waals surface area contributed by atoms with Crippen molar-refractivity contribution in [3.63, 3.8) is 0 Å². The molecule has 1 aliphatic heterocycles. The summed E-state index contributed by atoms with van der Waals surface area (Å²) in [6, 6.07) is 1.84. The fourth-order valence-electron chi connectivity index (χ4n) is 3.17. The van der Waals surface area contributed by atoms with Gasteiger partial charge in [0.1, 0.15) is 0 Å². The fourth-order valence-corrected chi connectivity index (χ4v) is 3.17. The summed E-state index contributed by atoms with van der Waals surface area (Å²) in [5.74, 6) is 0. The smallest absolute Gasteiger partial charge is 0.0589 e. The van der Waals surface area contributed by atoms with Crippen LogP contribution in [0.4, 0.5) is 0 Å². The van der Waals surface area contributed by atoms with Gasteiger partial charge in [0.05, 0.1) is 6.10 Å². The predicted molar refractivity (Wildman–Crippen MR) is 71.0 cm³/mol. The van der Waals surface area contributed by atoms with E-state index in [1.807, 2.05) is 0 Å². The summed E-state index contributed by atoms with van der Waals surface area (Å²) in [6.07, 6.45) is 10.2. The van der Waals surface area contributed by atoms with Crippen LogP contribution in [0.3, 0.4) is 0 Å². The maximum atomic E-state index is 5.94. The molecule has 0 radical (unpaired) electrons. The van der Waals surface area contributed by atoms with Crippen LogP contribution in [0.25, 0.3) is 0 Å². The van der Waals surface area contributed by atoms with Crippen molar-refractivity contribution in [3.8, 4) is 0 Å². The molecule has 0 aromatic heterocycles. The van der Waals surface area contributed by atoms with Crippen LogP contribution in [0.5, 0.6) is 0 Å². The van der Waals surface area contributed by atoms with Gasteiger partial charge in [-0.1, -0.05) is 13.3 Å². The number of hydrogen-bond donors (Lipinski definition) is 2. The standard InChI is InChI=1S/C14H28N2O/c1-2-3-14-10-13(8-9-17-14)16-12-6-4-11(15)5-7-12/h11-14,16H,2-10,15H2,1H3. The molecular weight excluding hydrogens is 212 g/mol. The van der Waals surface area contributed by atoms with E-state index in [1.165, 1.54) is 51.4 Å². The summed E-state index contributed by atoms with van der Waals surface area (Å²) in [7, 11) is 0. The van der Waals surface area contributed by atoms with Crippen molar-refractivity contribution in [1.82, 2.24) is 5.32 Å². The van der Waals surface area contributed by atoms with Crippen molar-refractivity contribution < 1.29 is 4.74 Å². The van der Waals surface area contributed by atoms with Crippen molar-refractivity contribution in [3.05, 3.63) is 0 Å². The highest BCUT2D eigenvalue weighted by molar-refractivity contribution is 4.84. The monoisotopic (exact) mass is 240 g/mol. The van der Waals surface area contributed by atoms with Gasteiger partial charge in [-0.2, -0.15) is 0 Å². The van der Waals surface area contributed by atoms with Crippen LogP contribution in [-0.4, -0.2) is 30.8 Å². The SMILES string of the molecule is CCCC1CC(NC2CCC(N)CC2)CCO1.